The van der Waals surface area contributed by atoms with Crippen LogP contribution in [0.15, 0.2) is 71.5 Å². The van der Waals surface area contributed by atoms with Crippen molar-refractivity contribution in [3.63, 3.8) is 0 Å². The summed E-state index contributed by atoms with van der Waals surface area (Å²) in [6.45, 7) is 1.99. The summed E-state index contributed by atoms with van der Waals surface area (Å²) in [7, 11) is 1.65. The molecule has 5 rings (SSSR count). The van der Waals surface area contributed by atoms with Gasteiger partial charge in [-0.15, -0.1) is 0 Å². The summed E-state index contributed by atoms with van der Waals surface area (Å²) in [6, 6.07) is 21.0. The second-order valence-electron chi connectivity index (χ2n) is 8.18. The third kappa shape index (κ3) is 3.20. The predicted molar refractivity (Wildman–Crippen MR) is 116 cm³/mol. The molecule has 2 atom stereocenters. The number of aromatic nitrogens is 1. The van der Waals surface area contributed by atoms with Crippen molar-refractivity contribution in [3.05, 3.63) is 88.3 Å². The first-order valence-corrected chi connectivity index (χ1v) is 10.4. The van der Waals surface area contributed by atoms with Crippen LogP contribution in [0.25, 0.3) is 11.1 Å². The van der Waals surface area contributed by atoms with E-state index in [1.807, 2.05) is 70.1 Å². The lowest BCUT2D eigenvalue weighted by Gasteiger charge is -2.43. The molecular formula is C25H24N2O3. The van der Waals surface area contributed by atoms with Crippen molar-refractivity contribution >= 4 is 5.91 Å². The van der Waals surface area contributed by atoms with Gasteiger partial charge in [-0.25, -0.2) is 0 Å². The molecule has 0 unspecified atom stereocenters. The zero-order chi connectivity index (χ0) is 20.7. The lowest BCUT2D eigenvalue weighted by molar-refractivity contribution is 0.0595. The van der Waals surface area contributed by atoms with Gasteiger partial charge in [-0.05, 0) is 48.2 Å². The molecule has 2 bridgehead atoms. The molecule has 1 amide bonds. The maximum Gasteiger partial charge on any atom is 0.253 e. The van der Waals surface area contributed by atoms with Crippen molar-refractivity contribution in [1.29, 1.82) is 0 Å². The minimum absolute atomic E-state index is 0.0415. The van der Waals surface area contributed by atoms with E-state index in [0.29, 0.717) is 25.6 Å². The van der Waals surface area contributed by atoms with Crippen LogP contribution in [0.1, 0.15) is 28.4 Å². The molecule has 1 fully saturated rings. The Morgan fingerprint density at radius 1 is 0.933 bits per heavy atom. The Morgan fingerprint density at radius 3 is 2.43 bits per heavy atom. The Hall–Kier alpha value is -3.34. The Bertz CT molecular complexity index is 1140. The SMILES string of the molecule is COc1ccc(-c2ccc(=O)n3c2[C@@H]2C[C@@H](CN(C(=O)c4ccccc4)C2)C3)cc1. The van der Waals surface area contributed by atoms with Crippen LogP contribution < -0.4 is 10.3 Å². The summed E-state index contributed by atoms with van der Waals surface area (Å²) in [5, 5.41) is 0. The first-order valence-electron chi connectivity index (χ1n) is 10.4. The molecule has 0 spiro atoms. The van der Waals surface area contributed by atoms with E-state index in [4.69, 9.17) is 4.74 Å². The van der Waals surface area contributed by atoms with Crippen molar-refractivity contribution < 1.29 is 9.53 Å². The molecule has 152 valence electrons. The second-order valence-corrected chi connectivity index (χ2v) is 8.18. The number of hydrogen-bond acceptors (Lipinski definition) is 3. The summed E-state index contributed by atoms with van der Waals surface area (Å²) in [5.41, 5.74) is 3.94. The first-order chi connectivity index (χ1) is 14.6. The molecule has 1 aromatic heterocycles. The van der Waals surface area contributed by atoms with Crippen molar-refractivity contribution in [3.8, 4) is 16.9 Å². The molecule has 5 nitrogen and oxygen atoms in total. The van der Waals surface area contributed by atoms with Crippen LogP contribution in [-0.2, 0) is 6.54 Å². The largest absolute Gasteiger partial charge is 0.497 e. The quantitative estimate of drug-likeness (QED) is 0.672. The highest BCUT2D eigenvalue weighted by atomic mass is 16.5. The Morgan fingerprint density at radius 2 is 1.70 bits per heavy atom. The molecule has 2 aliphatic heterocycles. The number of likely N-dealkylation sites (tertiary alicyclic amines) is 1. The van der Waals surface area contributed by atoms with Crippen molar-refractivity contribution in [2.75, 3.05) is 20.2 Å². The third-order valence-corrected chi connectivity index (χ3v) is 6.30. The summed E-state index contributed by atoms with van der Waals surface area (Å²) in [5.74, 6) is 1.32. The van der Waals surface area contributed by atoms with Crippen LogP contribution in [0.5, 0.6) is 5.75 Å². The monoisotopic (exact) mass is 400 g/mol. The molecule has 0 N–H and O–H groups in total. The van der Waals surface area contributed by atoms with Crippen LogP contribution in [-0.4, -0.2) is 35.6 Å². The number of piperidine rings is 1. The Balaban J connectivity index is 1.53. The number of methoxy groups -OCH3 is 1. The second kappa shape index (κ2) is 7.48. The zero-order valence-corrected chi connectivity index (χ0v) is 17.0. The number of amides is 1. The van der Waals surface area contributed by atoms with Crippen LogP contribution in [0, 0.1) is 5.92 Å². The fraction of sp³-hybridized carbons (Fsp3) is 0.280. The smallest absolute Gasteiger partial charge is 0.253 e. The highest BCUT2D eigenvalue weighted by Crippen LogP contribution is 2.40. The number of ether oxygens (including phenoxy) is 1. The molecule has 1 saturated heterocycles. The summed E-state index contributed by atoms with van der Waals surface area (Å²) < 4.78 is 7.22. The van der Waals surface area contributed by atoms with Crippen molar-refractivity contribution in [2.45, 2.75) is 18.9 Å². The van der Waals surface area contributed by atoms with E-state index in [2.05, 4.69) is 0 Å². The molecule has 5 heteroatoms. The van der Waals surface area contributed by atoms with Gasteiger partial charge < -0.3 is 14.2 Å². The summed E-state index contributed by atoms with van der Waals surface area (Å²) in [4.78, 5) is 27.7. The van der Waals surface area contributed by atoms with Gasteiger partial charge in [0.1, 0.15) is 5.75 Å². The van der Waals surface area contributed by atoms with Crippen molar-refractivity contribution in [1.82, 2.24) is 9.47 Å². The summed E-state index contributed by atoms with van der Waals surface area (Å²) in [6.07, 6.45) is 1.01. The molecule has 2 aliphatic rings. The molecular weight excluding hydrogens is 376 g/mol. The Kier molecular flexibility index (Phi) is 4.66. The maximum atomic E-state index is 13.1. The Labute approximate surface area is 175 Å². The third-order valence-electron chi connectivity index (χ3n) is 6.30. The highest BCUT2D eigenvalue weighted by Gasteiger charge is 2.38. The van der Waals surface area contributed by atoms with E-state index >= 15 is 0 Å². The number of hydrogen-bond donors (Lipinski definition) is 0. The minimum atomic E-state index is 0.0415. The van der Waals surface area contributed by atoms with E-state index < -0.39 is 0 Å². The lowest BCUT2D eigenvalue weighted by atomic mass is 9.80. The van der Waals surface area contributed by atoms with Crippen LogP contribution in [0.3, 0.4) is 0 Å². The van der Waals surface area contributed by atoms with E-state index in [1.165, 1.54) is 0 Å². The number of pyridine rings is 1. The molecule has 0 radical (unpaired) electrons. The van der Waals surface area contributed by atoms with Gasteiger partial charge in [0.15, 0.2) is 0 Å². The van der Waals surface area contributed by atoms with Gasteiger partial charge in [-0.1, -0.05) is 30.3 Å². The predicted octanol–water partition coefficient (Wildman–Crippen LogP) is 3.78. The fourth-order valence-corrected chi connectivity index (χ4v) is 4.96. The molecule has 2 aromatic carbocycles. The number of carbonyl (C=O) groups excluding carboxylic acids is 1. The number of fused-ring (bicyclic) bond motifs is 4. The number of nitrogens with zero attached hydrogens (tertiary/aromatic N) is 2. The number of rotatable bonds is 3. The first kappa shape index (κ1) is 18.7. The molecule has 0 saturated carbocycles. The van der Waals surface area contributed by atoms with E-state index in [0.717, 1.165) is 34.6 Å². The van der Waals surface area contributed by atoms with Gasteiger partial charge >= 0.3 is 0 Å². The fourth-order valence-electron chi connectivity index (χ4n) is 4.96. The van der Waals surface area contributed by atoms with Crippen LogP contribution in [0.4, 0.5) is 0 Å². The maximum absolute atomic E-state index is 13.1. The van der Waals surface area contributed by atoms with Crippen molar-refractivity contribution in [2.24, 2.45) is 5.92 Å². The van der Waals surface area contributed by atoms with Gasteiger partial charge in [0.05, 0.1) is 7.11 Å². The van der Waals surface area contributed by atoms with Gasteiger partial charge in [0.2, 0.25) is 0 Å². The van der Waals surface area contributed by atoms with Crippen LogP contribution >= 0.6 is 0 Å². The lowest BCUT2D eigenvalue weighted by Crippen LogP contribution is -2.49. The van der Waals surface area contributed by atoms with Gasteiger partial charge in [-0.3, -0.25) is 9.59 Å². The molecule has 0 aliphatic carbocycles. The van der Waals surface area contributed by atoms with Crippen LogP contribution in [0.2, 0.25) is 0 Å². The number of carbonyl (C=O) groups is 1. The standard InChI is InChI=1S/C25H24N2O3/c1-30-21-9-7-18(8-10-21)22-11-12-23(28)27-15-17-13-20(24(22)27)16-26(14-17)25(29)19-5-3-2-4-6-19/h2-12,17,20H,13-16H2,1H3/t17-,20+/m0/s1. The normalized spacial score (nSPS) is 19.8. The average molecular weight is 400 g/mol. The molecule has 30 heavy (non-hydrogen) atoms. The molecule has 3 heterocycles. The topological polar surface area (TPSA) is 51.5 Å². The van der Waals surface area contributed by atoms with Gasteiger partial charge in [0.25, 0.3) is 11.5 Å². The molecule has 3 aromatic rings. The van der Waals surface area contributed by atoms with Gasteiger partial charge in [-0.2, -0.15) is 0 Å². The highest BCUT2D eigenvalue weighted by molar-refractivity contribution is 5.94. The average Bonchev–Trinajstić information content (AvgIpc) is 2.80. The van der Waals surface area contributed by atoms with E-state index in [1.54, 1.807) is 13.2 Å². The summed E-state index contributed by atoms with van der Waals surface area (Å²) >= 11 is 0. The van der Waals surface area contributed by atoms with E-state index in [9.17, 15) is 9.59 Å². The number of benzene rings is 2. The zero-order valence-electron chi connectivity index (χ0n) is 17.0. The van der Waals surface area contributed by atoms with Gasteiger partial charge in [0, 0.05) is 48.4 Å². The van der Waals surface area contributed by atoms with E-state index in [-0.39, 0.29) is 17.4 Å². The minimum Gasteiger partial charge on any atom is -0.497 e.